The van der Waals surface area contributed by atoms with Crippen molar-refractivity contribution in [2.24, 2.45) is 5.10 Å². The number of hydrogen-bond donors (Lipinski definition) is 1. The third kappa shape index (κ3) is 3.62. The molecule has 0 aliphatic carbocycles. The number of hydrazone groups is 1. The van der Waals surface area contributed by atoms with E-state index in [0.717, 1.165) is 11.1 Å². The van der Waals surface area contributed by atoms with Crippen LogP contribution in [-0.2, 0) is 9.59 Å². The average Bonchev–Trinajstić information content (AvgIpc) is 2.64. The van der Waals surface area contributed by atoms with Gasteiger partial charge in [0.2, 0.25) is 5.91 Å². The lowest BCUT2D eigenvalue weighted by Crippen LogP contribution is -2.36. The third-order valence-electron chi connectivity index (χ3n) is 4.14. The number of benzene rings is 2. The summed E-state index contributed by atoms with van der Waals surface area (Å²) in [5, 5.41) is 17.3. The highest BCUT2D eigenvalue weighted by Gasteiger charge is 2.26. The van der Waals surface area contributed by atoms with Gasteiger partial charge < -0.3 is 5.32 Å². The first-order chi connectivity index (χ1) is 12.5. The number of hydrogen-bond acceptors (Lipinski definition) is 4. The smallest absolute Gasteiger partial charge is 0.271 e. The highest BCUT2D eigenvalue weighted by molar-refractivity contribution is 6.44. The highest BCUT2D eigenvalue weighted by Crippen LogP contribution is 2.25. The maximum absolute atomic E-state index is 12.5. The zero-order valence-electron chi connectivity index (χ0n) is 14.6. The Morgan fingerprint density at radius 1 is 1.19 bits per heavy atom. The van der Waals surface area contributed by atoms with Crippen LogP contribution in [0.25, 0.3) is 0 Å². The van der Waals surface area contributed by atoms with E-state index in [-0.39, 0.29) is 30.4 Å². The van der Waals surface area contributed by atoms with E-state index in [0.29, 0.717) is 16.9 Å². The van der Waals surface area contributed by atoms with Gasteiger partial charge in [-0.25, -0.2) is 5.01 Å². The van der Waals surface area contributed by atoms with Crippen molar-refractivity contribution in [1.29, 1.82) is 5.26 Å². The summed E-state index contributed by atoms with van der Waals surface area (Å²) in [6.45, 7) is 3.84. The van der Waals surface area contributed by atoms with Crippen molar-refractivity contribution in [1.82, 2.24) is 0 Å². The Hall–Kier alpha value is -3.46. The maximum atomic E-state index is 12.5. The number of rotatable bonds is 3. The summed E-state index contributed by atoms with van der Waals surface area (Å²) in [6.07, 6.45) is 0.502. The van der Waals surface area contributed by atoms with E-state index in [4.69, 9.17) is 5.26 Å². The van der Waals surface area contributed by atoms with Gasteiger partial charge in [0.05, 0.1) is 17.3 Å². The van der Waals surface area contributed by atoms with Crippen LogP contribution < -0.4 is 10.3 Å². The number of aryl methyl sites for hydroxylation is 2. The monoisotopic (exact) mass is 346 g/mol. The summed E-state index contributed by atoms with van der Waals surface area (Å²) in [6, 6.07) is 14.5. The molecule has 0 saturated carbocycles. The van der Waals surface area contributed by atoms with Crippen LogP contribution in [0.2, 0.25) is 0 Å². The van der Waals surface area contributed by atoms with Gasteiger partial charge in [0.15, 0.2) is 0 Å². The first-order valence-electron chi connectivity index (χ1n) is 8.27. The van der Waals surface area contributed by atoms with Crippen molar-refractivity contribution in [3.05, 3.63) is 59.2 Å². The van der Waals surface area contributed by atoms with E-state index >= 15 is 0 Å². The molecule has 2 amide bonds. The number of nitrogens with one attached hydrogen (secondary N) is 1. The fourth-order valence-corrected chi connectivity index (χ4v) is 2.72. The van der Waals surface area contributed by atoms with Gasteiger partial charge in [-0.3, -0.25) is 9.59 Å². The van der Waals surface area contributed by atoms with Crippen molar-refractivity contribution in [2.45, 2.75) is 26.7 Å². The summed E-state index contributed by atoms with van der Waals surface area (Å²) in [5.41, 5.74) is 3.88. The van der Waals surface area contributed by atoms with Gasteiger partial charge in [-0.1, -0.05) is 18.2 Å². The lowest BCUT2D eigenvalue weighted by Gasteiger charge is -2.24. The number of nitrogens with zero attached hydrogens (tertiary/aromatic N) is 3. The Kier molecular flexibility index (Phi) is 4.81. The number of carbonyl (C=O) groups is 2. The number of anilines is 2. The zero-order valence-corrected chi connectivity index (χ0v) is 14.6. The molecule has 0 unspecified atom stereocenters. The van der Waals surface area contributed by atoms with Crippen LogP contribution in [0.1, 0.15) is 29.5 Å². The fourth-order valence-electron chi connectivity index (χ4n) is 2.72. The summed E-state index contributed by atoms with van der Waals surface area (Å²) >= 11 is 0. The van der Waals surface area contributed by atoms with Crippen molar-refractivity contribution >= 4 is 28.9 Å². The number of amides is 2. The second kappa shape index (κ2) is 7.19. The Morgan fingerprint density at radius 3 is 2.77 bits per heavy atom. The van der Waals surface area contributed by atoms with E-state index in [1.54, 1.807) is 24.3 Å². The molecule has 6 nitrogen and oxygen atoms in total. The van der Waals surface area contributed by atoms with E-state index in [1.165, 1.54) is 5.01 Å². The molecule has 6 heteroatoms. The molecule has 0 bridgehead atoms. The van der Waals surface area contributed by atoms with Crippen LogP contribution in [0.4, 0.5) is 11.4 Å². The van der Waals surface area contributed by atoms with E-state index in [9.17, 15) is 9.59 Å². The molecule has 0 aromatic heterocycles. The van der Waals surface area contributed by atoms with Gasteiger partial charge in [0.25, 0.3) is 5.91 Å². The minimum absolute atomic E-state index is 0.137. The van der Waals surface area contributed by atoms with Crippen molar-refractivity contribution in [3.63, 3.8) is 0 Å². The predicted octanol–water partition coefficient (Wildman–Crippen LogP) is 3.30. The normalized spacial score (nSPS) is 13.8. The molecule has 3 rings (SSSR count). The van der Waals surface area contributed by atoms with Gasteiger partial charge in [0, 0.05) is 18.5 Å². The standard InChI is InChI=1S/C20H18N4O2/c1-13-6-7-14(2)18(10-13)24-19(25)9-8-17(23-24)20(26)22-16-5-3-4-15(11-16)12-21/h3-7,10-11H,8-9H2,1-2H3,(H,22,26). The molecule has 2 aromatic carbocycles. The Bertz CT molecular complexity index is 957. The largest absolute Gasteiger partial charge is 0.321 e. The first-order valence-corrected chi connectivity index (χ1v) is 8.27. The minimum Gasteiger partial charge on any atom is -0.321 e. The average molecular weight is 346 g/mol. The molecule has 1 aliphatic rings. The van der Waals surface area contributed by atoms with Crippen molar-refractivity contribution in [2.75, 3.05) is 10.3 Å². The Labute approximate surface area is 151 Å². The molecule has 130 valence electrons. The lowest BCUT2D eigenvalue weighted by molar-refractivity contribution is -0.118. The molecular weight excluding hydrogens is 328 g/mol. The van der Waals surface area contributed by atoms with Gasteiger partial charge in [0.1, 0.15) is 5.71 Å². The molecule has 0 spiro atoms. The molecule has 1 N–H and O–H groups in total. The van der Waals surface area contributed by atoms with Crippen LogP contribution >= 0.6 is 0 Å². The molecule has 26 heavy (non-hydrogen) atoms. The molecule has 0 radical (unpaired) electrons. The zero-order chi connectivity index (χ0) is 18.7. The van der Waals surface area contributed by atoms with E-state index in [1.807, 2.05) is 38.1 Å². The Balaban J connectivity index is 1.87. The van der Waals surface area contributed by atoms with E-state index in [2.05, 4.69) is 10.4 Å². The van der Waals surface area contributed by atoms with Crippen molar-refractivity contribution < 1.29 is 9.59 Å². The Morgan fingerprint density at radius 2 is 2.00 bits per heavy atom. The maximum Gasteiger partial charge on any atom is 0.271 e. The second-order valence-electron chi connectivity index (χ2n) is 6.19. The summed E-state index contributed by atoms with van der Waals surface area (Å²) < 4.78 is 0. The van der Waals surface area contributed by atoms with Crippen LogP contribution in [0.5, 0.6) is 0 Å². The second-order valence-corrected chi connectivity index (χ2v) is 6.19. The molecule has 1 heterocycles. The first kappa shape index (κ1) is 17.4. The van der Waals surface area contributed by atoms with Gasteiger partial charge in [-0.05, 0) is 49.2 Å². The van der Waals surface area contributed by atoms with Gasteiger partial charge >= 0.3 is 0 Å². The predicted molar refractivity (Wildman–Crippen MR) is 99.9 cm³/mol. The molecule has 1 aliphatic heterocycles. The van der Waals surface area contributed by atoms with Crippen LogP contribution in [0, 0.1) is 25.2 Å². The third-order valence-corrected chi connectivity index (χ3v) is 4.14. The fraction of sp³-hybridized carbons (Fsp3) is 0.200. The molecule has 2 aromatic rings. The topological polar surface area (TPSA) is 85.6 Å². The SMILES string of the molecule is Cc1ccc(C)c(N2N=C(C(=O)Nc3cccc(C#N)c3)CCC2=O)c1. The summed E-state index contributed by atoms with van der Waals surface area (Å²) in [5.74, 6) is -0.510. The van der Waals surface area contributed by atoms with Crippen LogP contribution in [0.15, 0.2) is 47.6 Å². The van der Waals surface area contributed by atoms with E-state index < -0.39 is 0 Å². The molecule has 0 saturated heterocycles. The van der Waals surface area contributed by atoms with Gasteiger partial charge in [-0.2, -0.15) is 10.4 Å². The van der Waals surface area contributed by atoms with Crippen LogP contribution in [0.3, 0.4) is 0 Å². The summed E-state index contributed by atoms with van der Waals surface area (Å²) in [4.78, 5) is 24.9. The molecular formula is C20H18N4O2. The van der Waals surface area contributed by atoms with Crippen LogP contribution in [-0.4, -0.2) is 17.5 Å². The molecule has 0 atom stereocenters. The number of nitriles is 1. The van der Waals surface area contributed by atoms with Crippen molar-refractivity contribution in [3.8, 4) is 6.07 Å². The minimum atomic E-state index is -0.372. The highest BCUT2D eigenvalue weighted by atomic mass is 16.2. The number of carbonyl (C=O) groups excluding carboxylic acids is 2. The lowest BCUT2D eigenvalue weighted by atomic mass is 10.1. The summed E-state index contributed by atoms with van der Waals surface area (Å²) in [7, 11) is 0. The molecule has 0 fully saturated rings. The van der Waals surface area contributed by atoms with Gasteiger partial charge in [-0.15, -0.1) is 0 Å². The quantitative estimate of drug-likeness (QED) is 0.925.